The molecule has 0 amide bonds. The van der Waals surface area contributed by atoms with E-state index in [0.717, 1.165) is 10.5 Å². The Balaban J connectivity index is 3.01. The molecule has 0 atom stereocenters. The van der Waals surface area contributed by atoms with E-state index in [-0.39, 0.29) is 0 Å². The lowest BCUT2D eigenvalue weighted by atomic mass is 10.2. The van der Waals surface area contributed by atoms with Gasteiger partial charge in [-0.15, -0.1) is 0 Å². The van der Waals surface area contributed by atoms with Crippen LogP contribution in [0.4, 0.5) is 0 Å². The van der Waals surface area contributed by atoms with Crippen LogP contribution in [0.5, 0.6) is 0 Å². The van der Waals surface area contributed by atoms with Gasteiger partial charge < -0.3 is 13.3 Å². The number of hydrogen-bond donors (Lipinski definition) is 0. The summed E-state index contributed by atoms with van der Waals surface area (Å²) in [6, 6.07) is 8.03. The Labute approximate surface area is 99.9 Å². The highest BCUT2D eigenvalue weighted by Gasteiger charge is 2.40. The van der Waals surface area contributed by atoms with Gasteiger partial charge in [-0.1, -0.05) is 40.2 Å². The minimum Gasteiger partial charge on any atom is -0.373 e. The monoisotopic (exact) mass is 290 g/mol. The predicted octanol–water partition coefficient (Wildman–Crippen LogP) is 1.67. The van der Waals surface area contributed by atoms with Crippen molar-refractivity contribution >= 4 is 29.9 Å². The molecule has 0 fully saturated rings. The molecule has 3 nitrogen and oxygen atoms in total. The maximum absolute atomic E-state index is 5.38. The Morgan fingerprint density at radius 3 is 1.80 bits per heavy atom. The highest BCUT2D eigenvalue weighted by Crippen LogP contribution is 2.09. The van der Waals surface area contributed by atoms with Gasteiger partial charge in [0.1, 0.15) is 0 Å². The molecule has 0 aliphatic rings. The van der Waals surface area contributed by atoms with E-state index in [1.54, 1.807) is 21.3 Å². The van der Waals surface area contributed by atoms with Gasteiger partial charge in [-0.2, -0.15) is 0 Å². The second kappa shape index (κ2) is 5.76. The molecule has 0 radical (unpaired) electrons. The number of rotatable bonds is 5. The van der Waals surface area contributed by atoms with Crippen molar-refractivity contribution in [1.29, 1.82) is 0 Å². The average Bonchev–Trinajstić information content (AvgIpc) is 2.33. The zero-order chi connectivity index (χ0) is 11.3. The first-order chi connectivity index (χ1) is 7.22. The van der Waals surface area contributed by atoms with Crippen molar-refractivity contribution in [3.05, 3.63) is 29.8 Å². The van der Waals surface area contributed by atoms with Crippen LogP contribution in [0.25, 0.3) is 0 Å². The largest absolute Gasteiger partial charge is 0.536 e. The number of benzene rings is 1. The van der Waals surface area contributed by atoms with Crippen LogP contribution in [0.2, 0.25) is 0 Å². The van der Waals surface area contributed by atoms with E-state index >= 15 is 0 Å². The first-order valence-corrected chi connectivity index (χ1v) is 7.38. The van der Waals surface area contributed by atoms with E-state index in [2.05, 4.69) is 15.9 Å². The number of alkyl halides is 1. The lowest BCUT2D eigenvalue weighted by Crippen LogP contribution is -2.54. The van der Waals surface area contributed by atoms with Crippen LogP contribution in [-0.4, -0.2) is 30.1 Å². The Hall–Kier alpha value is -0.203. The highest BCUT2D eigenvalue weighted by molar-refractivity contribution is 9.08. The smallest absolute Gasteiger partial charge is 0.373 e. The van der Waals surface area contributed by atoms with Crippen LogP contribution < -0.4 is 5.19 Å². The minimum atomic E-state index is -2.64. The van der Waals surface area contributed by atoms with Crippen molar-refractivity contribution in [2.24, 2.45) is 0 Å². The minimum absolute atomic E-state index is 0.842. The molecule has 0 N–H and O–H groups in total. The zero-order valence-corrected chi connectivity index (χ0v) is 11.7. The van der Waals surface area contributed by atoms with Gasteiger partial charge in [0.05, 0.1) is 0 Å². The lowest BCUT2D eigenvalue weighted by molar-refractivity contribution is 0.140. The Bertz CT molecular complexity index is 290. The van der Waals surface area contributed by atoms with Crippen LogP contribution in [0.3, 0.4) is 0 Å². The van der Waals surface area contributed by atoms with Crippen molar-refractivity contribution in [2.45, 2.75) is 5.33 Å². The van der Waals surface area contributed by atoms with Gasteiger partial charge >= 0.3 is 8.80 Å². The molecule has 15 heavy (non-hydrogen) atoms. The second-order valence-corrected chi connectivity index (χ2v) is 6.47. The first-order valence-electron chi connectivity index (χ1n) is 4.53. The summed E-state index contributed by atoms with van der Waals surface area (Å²) in [5, 5.41) is 1.81. The van der Waals surface area contributed by atoms with Gasteiger partial charge in [0.2, 0.25) is 0 Å². The number of hydrogen-bond acceptors (Lipinski definition) is 3. The van der Waals surface area contributed by atoms with Crippen molar-refractivity contribution in [3.63, 3.8) is 0 Å². The van der Waals surface area contributed by atoms with Crippen LogP contribution in [0, 0.1) is 0 Å². The maximum Gasteiger partial charge on any atom is 0.536 e. The van der Waals surface area contributed by atoms with Gasteiger partial charge in [-0.05, 0) is 5.56 Å². The number of halogens is 1. The quantitative estimate of drug-likeness (QED) is 0.610. The standard InChI is InChI=1S/C10H15BrO3Si/c1-12-15(13-2,14-3)10-6-4-9(8-11)5-7-10/h4-7H,8H2,1-3H3. The van der Waals surface area contributed by atoms with Gasteiger partial charge in [0.15, 0.2) is 0 Å². The van der Waals surface area contributed by atoms with E-state index < -0.39 is 8.80 Å². The zero-order valence-electron chi connectivity index (χ0n) is 9.12. The molecular weight excluding hydrogens is 276 g/mol. The summed E-state index contributed by atoms with van der Waals surface area (Å²) in [4.78, 5) is 0. The molecule has 0 unspecified atom stereocenters. The van der Waals surface area contributed by atoms with Gasteiger partial charge in [-0.25, -0.2) is 0 Å². The maximum atomic E-state index is 5.38. The molecule has 5 heteroatoms. The Morgan fingerprint density at radius 1 is 1.00 bits per heavy atom. The van der Waals surface area contributed by atoms with Crippen LogP contribution in [-0.2, 0) is 18.6 Å². The summed E-state index contributed by atoms with van der Waals surface area (Å²) in [6.45, 7) is 0. The normalized spacial score (nSPS) is 11.7. The molecule has 84 valence electrons. The Kier molecular flexibility index (Phi) is 4.94. The molecule has 1 rings (SSSR count). The third-order valence-corrected chi connectivity index (χ3v) is 5.57. The van der Waals surface area contributed by atoms with Gasteiger partial charge in [-0.3, -0.25) is 0 Å². The second-order valence-electron chi connectivity index (χ2n) is 3.00. The summed E-state index contributed by atoms with van der Waals surface area (Å²) in [6.07, 6.45) is 0. The summed E-state index contributed by atoms with van der Waals surface area (Å²) >= 11 is 3.40. The van der Waals surface area contributed by atoms with Crippen molar-refractivity contribution < 1.29 is 13.3 Å². The molecule has 1 aromatic carbocycles. The van der Waals surface area contributed by atoms with Gasteiger partial charge in [0.25, 0.3) is 0 Å². The molecular formula is C10H15BrO3Si. The van der Waals surface area contributed by atoms with Crippen molar-refractivity contribution in [1.82, 2.24) is 0 Å². The van der Waals surface area contributed by atoms with Crippen LogP contribution in [0.1, 0.15) is 5.56 Å². The van der Waals surface area contributed by atoms with E-state index in [9.17, 15) is 0 Å². The fourth-order valence-electron chi connectivity index (χ4n) is 1.40. The summed E-state index contributed by atoms with van der Waals surface area (Å²) < 4.78 is 16.1. The molecule has 0 aliphatic carbocycles. The highest BCUT2D eigenvalue weighted by atomic mass is 79.9. The molecule has 1 aromatic rings. The van der Waals surface area contributed by atoms with Crippen molar-refractivity contribution in [3.8, 4) is 0 Å². The average molecular weight is 291 g/mol. The Morgan fingerprint density at radius 2 is 1.47 bits per heavy atom. The van der Waals surface area contributed by atoms with E-state index in [1.807, 2.05) is 24.3 Å². The molecule has 0 bridgehead atoms. The predicted molar refractivity (Wildman–Crippen MR) is 65.5 cm³/mol. The van der Waals surface area contributed by atoms with Crippen LogP contribution >= 0.6 is 15.9 Å². The fourth-order valence-corrected chi connectivity index (χ4v) is 3.56. The van der Waals surface area contributed by atoms with E-state index in [1.165, 1.54) is 5.56 Å². The van der Waals surface area contributed by atoms with Gasteiger partial charge in [0, 0.05) is 31.8 Å². The molecule has 0 aromatic heterocycles. The van der Waals surface area contributed by atoms with Crippen LogP contribution in [0.15, 0.2) is 24.3 Å². The fraction of sp³-hybridized carbons (Fsp3) is 0.400. The lowest BCUT2D eigenvalue weighted by Gasteiger charge is -2.24. The third-order valence-electron chi connectivity index (χ3n) is 2.27. The summed E-state index contributed by atoms with van der Waals surface area (Å²) in [7, 11) is 2.18. The van der Waals surface area contributed by atoms with E-state index in [4.69, 9.17) is 13.3 Å². The SMILES string of the molecule is CO[Si](OC)(OC)c1ccc(CBr)cc1. The topological polar surface area (TPSA) is 27.7 Å². The van der Waals surface area contributed by atoms with E-state index in [0.29, 0.717) is 0 Å². The molecule has 0 aliphatic heterocycles. The summed E-state index contributed by atoms with van der Waals surface area (Å²) in [5.41, 5.74) is 1.21. The van der Waals surface area contributed by atoms with Crippen molar-refractivity contribution in [2.75, 3.05) is 21.3 Å². The molecule has 0 heterocycles. The first kappa shape index (κ1) is 12.9. The summed E-state index contributed by atoms with van der Waals surface area (Å²) in [5.74, 6) is 0. The molecule has 0 spiro atoms. The molecule has 0 saturated carbocycles. The third kappa shape index (κ3) is 2.67. The molecule has 0 saturated heterocycles.